The van der Waals surface area contributed by atoms with Crippen LogP contribution in [0.5, 0.6) is 0 Å². The summed E-state index contributed by atoms with van der Waals surface area (Å²) in [5.41, 5.74) is 0. The second-order valence-corrected chi connectivity index (χ2v) is 6.54. The number of carboxylic acid groups (broad SMARTS) is 1. The zero-order chi connectivity index (χ0) is 14.4. The van der Waals surface area contributed by atoms with E-state index in [1.54, 1.807) is 0 Å². The molecule has 2 aliphatic rings. The number of nitrogens with zero attached hydrogens (tertiary/aromatic N) is 1. The van der Waals surface area contributed by atoms with Crippen LogP contribution in [0.3, 0.4) is 0 Å². The molecule has 0 aromatic heterocycles. The van der Waals surface area contributed by atoms with Gasteiger partial charge in [-0.3, -0.25) is 9.69 Å². The van der Waals surface area contributed by atoms with Gasteiger partial charge in [-0.2, -0.15) is 0 Å². The molecule has 4 nitrogen and oxygen atoms in total. The maximum atomic E-state index is 10.8. The highest BCUT2D eigenvalue weighted by Gasteiger charge is 2.33. The fourth-order valence-electron chi connectivity index (χ4n) is 3.63. The van der Waals surface area contributed by atoms with Gasteiger partial charge < -0.3 is 10.4 Å². The first kappa shape index (κ1) is 15.8. The topological polar surface area (TPSA) is 52.6 Å². The van der Waals surface area contributed by atoms with Gasteiger partial charge in [0.25, 0.3) is 0 Å². The number of hydrogen-bond donors (Lipinski definition) is 2. The van der Waals surface area contributed by atoms with E-state index >= 15 is 0 Å². The van der Waals surface area contributed by atoms with Crippen molar-refractivity contribution >= 4 is 5.97 Å². The van der Waals surface area contributed by atoms with E-state index in [0.717, 1.165) is 25.3 Å². The van der Waals surface area contributed by atoms with Crippen LogP contribution in [0, 0.1) is 5.92 Å². The lowest BCUT2D eigenvalue weighted by atomic mass is 9.84. The quantitative estimate of drug-likeness (QED) is 0.704. The van der Waals surface area contributed by atoms with Gasteiger partial charge in [0.1, 0.15) is 0 Å². The van der Waals surface area contributed by atoms with Crippen molar-refractivity contribution in [3.8, 4) is 0 Å². The Bertz CT molecular complexity index is 295. The molecule has 0 unspecified atom stereocenters. The van der Waals surface area contributed by atoms with Gasteiger partial charge in [0.2, 0.25) is 0 Å². The molecule has 116 valence electrons. The molecule has 0 saturated heterocycles. The third kappa shape index (κ3) is 4.74. The van der Waals surface area contributed by atoms with Crippen molar-refractivity contribution in [3.05, 3.63) is 0 Å². The Labute approximate surface area is 122 Å². The summed E-state index contributed by atoms with van der Waals surface area (Å²) in [6, 6.07) is 1.09. The first-order valence-electron chi connectivity index (χ1n) is 8.38. The Hall–Kier alpha value is -0.610. The first-order chi connectivity index (χ1) is 9.69. The molecule has 0 amide bonds. The molecule has 0 aromatic carbocycles. The molecule has 20 heavy (non-hydrogen) atoms. The van der Waals surface area contributed by atoms with E-state index in [0.29, 0.717) is 12.1 Å². The van der Waals surface area contributed by atoms with Gasteiger partial charge in [-0.15, -0.1) is 0 Å². The second kappa shape index (κ2) is 7.99. The lowest BCUT2D eigenvalue weighted by molar-refractivity contribution is -0.139. The fourth-order valence-corrected chi connectivity index (χ4v) is 3.63. The van der Waals surface area contributed by atoms with Crippen LogP contribution in [-0.2, 0) is 4.79 Å². The predicted octanol–water partition coefficient (Wildman–Crippen LogP) is 2.48. The van der Waals surface area contributed by atoms with Crippen LogP contribution in [0.15, 0.2) is 0 Å². The minimum absolute atomic E-state index is 0.191. The summed E-state index contributed by atoms with van der Waals surface area (Å²) in [6.45, 7) is 4.25. The Balaban J connectivity index is 1.62. The van der Waals surface area contributed by atoms with Crippen LogP contribution >= 0.6 is 0 Å². The number of likely N-dealkylation sites (N-methyl/N-ethyl adjacent to an activating group) is 1. The molecule has 0 atom stereocenters. The summed E-state index contributed by atoms with van der Waals surface area (Å²) in [4.78, 5) is 12.9. The molecule has 2 saturated carbocycles. The largest absolute Gasteiger partial charge is 0.480 e. The van der Waals surface area contributed by atoms with Crippen LogP contribution < -0.4 is 5.32 Å². The van der Waals surface area contributed by atoms with Crippen LogP contribution in [0.1, 0.15) is 58.3 Å². The Morgan fingerprint density at radius 1 is 1.20 bits per heavy atom. The third-order valence-corrected chi connectivity index (χ3v) is 5.04. The molecule has 2 N–H and O–H groups in total. The number of aliphatic carboxylic acids is 1. The van der Waals surface area contributed by atoms with Crippen molar-refractivity contribution in [2.75, 3.05) is 19.6 Å². The van der Waals surface area contributed by atoms with E-state index in [2.05, 4.69) is 17.1 Å². The lowest BCUT2D eigenvalue weighted by Crippen LogP contribution is -2.54. The van der Waals surface area contributed by atoms with Crippen molar-refractivity contribution in [1.82, 2.24) is 10.2 Å². The Morgan fingerprint density at radius 2 is 1.85 bits per heavy atom. The molecule has 0 heterocycles. The monoisotopic (exact) mass is 282 g/mol. The summed E-state index contributed by atoms with van der Waals surface area (Å²) >= 11 is 0. The minimum atomic E-state index is -0.707. The van der Waals surface area contributed by atoms with Crippen molar-refractivity contribution < 1.29 is 9.90 Å². The van der Waals surface area contributed by atoms with E-state index in [-0.39, 0.29) is 6.54 Å². The average Bonchev–Trinajstić information content (AvgIpc) is 2.63. The van der Waals surface area contributed by atoms with Crippen molar-refractivity contribution in [2.45, 2.75) is 70.4 Å². The van der Waals surface area contributed by atoms with Crippen LogP contribution in [0.25, 0.3) is 0 Å². The van der Waals surface area contributed by atoms with Gasteiger partial charge in [-0.05, 0) is 44.7 Å². The van der Waals surface area contributed by atoms with E-state index in [1.807, 2.05) is 0 Å². The summed E-state index contributed by atoms with van der Waals surface area (Å²) in [5.74, 6) is 0.166. The molecule has 0 aromatic rings. The standard InChI is InChI=1S/C16H30N2O2/c1-2-18(12-16(19)20)15-9-14(10-15)17-11-13-7-5-3-4-6-8-13/h13-15,17H,2-12H2,1H3,(H,19,20). The summed E-state index contributed by atoms with van der Waals surface area (Å²) in [7, 11) is 0. The van der Waals surface area contributed by atoms with Crippen molar-refractivity contribution in [3.63, 3.8) is 0 Å². The SMILES string of the molecule is CCN(CC(=O)O)C1CC(NCC2CCCCCC2)C1. The van der Waals surface area contributed by atoms with Crippen molar-refractivity contribution in [1.29, 1.82) is 0 Å². The summed E-state index contributed by atoms with van der Waals surface area (Å²) in [6.07, 6.45) is 10.7. The molecule has 2 aliphatic carbocycles. The van der Waals surface area contributed by atoms with Crippen LogP contribution in [-0.4, -0.2) is 47.7 Å². The number of nitrogens with one attached hydrogen (secondary N) is 1. The number of carboxylic acids is 1. The highest BCUT2D eigenvalue weighted by molar-refractivity contribution is 5.69. The summed E-state index contributed by atoms with van der Waals surface area (Å²) in [5, 5.41) is 12.6. The van der Waals surface area contributed by atoms with Crippen LogP contribution in [0.4, 0.5) is 0 Å². The van der Waals surface area contributed by atoms with Gasteiger partial charge in [0.05, 0.1) is 6.54 Å². The molecular weight excluding hydrogens is 252 g/mol. The fraction of sp³-hybridized carbons (Fsp3) is 0.938. The molecule has 0 bridgehead atoms. The predicted molar refractivity (Wildman–Crippen MR) is 80.9 cm³/mol. The minimum Gasteiger partial charge on any atom is -0.480 e. The first-order valence-corrected chi connectivity index (χ1v) is 8.38. The third-order valence-electron chi connectivity index (χ3n) is 5.04. The maximum Gasteiger partial charge on any atom is 0.317 e. The highest BCUT2D eigenvalue weighted by Crippen LogP contribution is 2.27. The van der Waals surface area contributed by atoms with Crippen molar-refractivity contribution in [2.24, 2.45) is 5.92 Å². The maximum absolute atomic E-state index is 10.8. The lowest BCUT2D eigenvalue weighted by Gasteiger charge is -2.42. The van der Waals surface area contributed by atoms with E-state index < -0.39 is 5.97 Å². The van der Waals surface area contributed by atoms with Gasteiger partial charge in [-0.25, -0.2) is 0 Å². The second-order valence-electron chi connectivity index (χ2n) is 6.54. The van der Waals surface area contributed by atoms with E-state index in [9.17, 15) is 4.79 Å². The Kier molecular flexibility index (Phi) is 6.30. The molecule has 0 spiro atoms. The molecule has 4 heteroatoms. The molecule has 0 radical (unpaired) electrons. The van der Waals surface area contributed by atoms with Gasteiger partial charge in [0, 0.05) is 12.1 Å². The molecule has 2 rings (SSSR count). The van der Waals surface area contributed by atoms with Gasteiger partial charge in [-0.1, -0.05) is 32.6 Å². The Morgan fingerprint density at radius 3 is 2.40 bits per heavy atom. The molecule has 0 aliphatic heterocycles. The number of hydrogen-bond acceptors (Lipinski definition) is 3. The van der Waals surface area contributed by atoms with E-state index in [1.165, 1.54) is 45.1 Å². The normalized spacial score (nSPS) is 28.1. The van der Waals surface area contributed by atoms with Crippen LogP contribution in [0.2, 0.25) is 0 Å². The molecule has 2 fully saturated rings. The zero-order valence-electron chi connectivity index (χ0n) is 12.8. The van der Waals surface area contributed by atoms with E-state index in [4.69, 9.17) is 5.11 Å². The number of rotatable bonds is 7. The molecular formula is C16H30N2O2. The number of carbonyl (C=O) groups is 1. The smallest absolute Gasteiger partial charge is 0.317 e. The average molecular weight is 282 g/mol. The van der Waals surface area contributed by atoms with Gasteiger partial charge in [0.15, 0.2) is 0 Å². The van der Waals surface area contributed by atoms with Gasteiger partial charge >= 0.3 is 5.97 Å². The highest BCUT2D eigenvalue weighted by atomic mass is 16.4. The zero-order valence-corrected chi connectivity index (χ0v) is 12.8. The summed E-state index contributed by atoms with van der Waals surface area (Å²) < 4.78 is 0.